The highest BCUT2D eigenvalue weighted by Gasteiger charge is 2.44. The van der Waals surface area contributed by atoms with Gasteiger partial charge in [-0.2, -0.15) is 0 Å². The van der Waals surface area contributed by atoms with Gasteiger partial charge in [0.05, 0.1) is 0 Å². The lowest BCUT2D eigenvalue weighted by molar-refractivity contribution is 0.669. The summed E-state index contributed by atoms with van der Waals surface area (Å²) < 4.78 is 6.60. The van der Waals surface area contributed by atoms with Crippen molar-refractivity contribution in [3.8, 4) is 11.1 Å². The van der Waals surface area contributed by atoms with Crippen LogP contribution >= 0.6 is 0 Å². The minimum Gasteiger partial charge on any atom is -0.456 e. The van der Waals surface area contributed by atoms with Gasteiger partial charge in [-0.15, -0.1) is 0 Å². The van der Waals surface area contributed by atoms with Gasteiger partial charge in [0.25, 0.3) is 6.71 Å². The van der Waals surface area contributed by atoms with Crippen LogP contribution in [0.4, 0.5) is 34.1 Å². The zero-order chi connectivity index (χ0) is 32.8. The van der Waals surface area contributed by atoms with E-state index in [9.17, 15) is 0 Å². The molecule has 0 saturated carbocycles. The first-order chi connectivity index (χ1) is 24.8. The molecule has 4 heteroatoms. The maximum Gasteiger partial charge on any atom is 0.252 e. The van der Waals surface area contributed by atoms with Crippen LogP contribution in [0.2, 0.25) is 0 Å². The van der Waals surface area contributed by atoms with E-state index in [1.54, 1.807) is 0 Å². The van der Waals surface area contributed by atoms with E-state index in [0.717, 1.165) is 27.9 Å². The SMILES string of the molecule is c1ccc(N2c3ccccc3B3c4c(-c5cc6oc7ccccc7c6c6ccccc56)cccc4N(c4ccccc4)c4cccc2c43)cc1. The second-order valence-corrected chi connectivity index (χ2v) is 13.2. The van der Waals surface area contributed by atoms with Crippen molar-refractivity contribution in [2.75, 3.05) is 9.80 Å². The number of furan rings is 1. The molecular weight excluding hydrogens is 607 g/mol. The largest absolute Gasteiger partial charge is 0.456 e. The maximum absolute atomic E-state index is 6.60. The Morgan fingerprint density at radius 1 is 0.380 bits per heavy atom. The molecule has 11 rings (SSSR count). The summed E-state index contributed by atoms with van der Waals surface area (Å²) in [7, 11) is 0. The second kappa shape index (κ2) is 10.5. The van der Waals surface area contributed by atoms with Crippen molar-refractivity contribution < 1.29 is 4.42 Å². The summed E-state index contributed by atoms with van der Waals surface area (Å²) in [4.78, 5) is 4.91. The number of fused-ring (bicyclic) bond motifs is 9. The summed E-state index contributed by atoms with van der Waals surface area (Å²) >= 11 is 0. The first-order valence-electron chi connectivity index (χ1n) is 17.2. The lowest BCUT2D eigenvalue weighted by Crippen LogP contribution is -2.61. The van der Waals surface area contributed by atoms with Crippen LogP contribution in [-0.2, 0) is 0 Å². The summed E-state index contributed by atoms with van der Waals surface area (Å²) in [5.74, 6) is 0. The highest BCUT2D eigenvalue weighted by Crippen LogP contribution is 2.46. The van der Waals surface area contributed by atoms with Gasteiger partial charge in [0, 0.05) is 44.9 Å². The molecule has 0 N–H and O–H groups in total. The van der Waals surface area contributed by atoms with Crippen molar-refractivity contribution in [3.05, 3.63) is 176 Å². The summed E-state index contributed by atoms with van der Waals surface area (Å²) in [5, 5.41) is 4.75. The zero-order valence-corrected chi connectivity index (χ0v) is 27.1. The molecule has 0 bridgehead atoms. The lowest BCUT2D eigenvalue weighted by Gasteiger charge is -2.44. The standard InChI is InChI=1S/C46H29BN2O/c1-3-15-30(16-4-1)48-38-24-11-10-23-37(38)47-45-34(36-29-43-44(33-20-8-7-19-32(33)36)35-21-9-12-28-42(35)50-43)22-13-25-39(45)49(31-17-5-2-6-18-31)41-27-14-26-40(48)46(41)47/h1-29H. The fourth-order valence-electron chi connectivity index (χ4n) is 8.69. The van der Waals surface area contributed by atoms with Crippen LogP contribution in [0.25, 0.3) is 43.8 Å². The van der Waals surface area contributed by atoms with Crippen LogP contribution in [-0.4, -0.2) is 6.71 Å². The molecule has 0 atom stereocenters. The second-order valence-electron chi connectivity index (χ2n) is 13.2. The number of hydrogen-bond donors (Lipinski definition) is 0. The van der Waals surface area contributed by atoms with Crippen molar-refractivity contribution in [2.45, 2.75) is 0 Å². The quantitative estimate of drug-likeness (QED) is 0.180. The van der Waals surface area contributed by atoms with Gasteiger partial charge in [-0.25, -0.2) is 0 Å². The van der Waals surface area contributed by atoms with E-state index in [2.05, 4.69) is 180 Å². The first-order valence-corrected chi connectivity index (χ1v) is 17.2. The Balaban J connectivity index is 1.27. The Bertz CT molecular complexity index is 2780. The smallest absolute Gasteiger partial charge is 0.252 e. The molecule has 0 spiro atoms. The fourth-order valence-corrected chi connectivity index (χ4v) is 8.69. The van der Waals surface area contributed by atoms with Crippen molar-refractivity contribution in [1.29, 1.82) is 0 Å². The third-order valence-electron chi connectivity index (χ3n) is 10.6. The molecule has 232 valence electrons. The van der Waals surface area contributed by atoms with Crippen LogP contribution in [0.3, 0.4) is 0 Å². The highest BCUT2D eigenvalue weighted by atomic mass is 16.3. The molecule has 0 amide bonds. The highest BCUT2D eigenvalue weighted by molar-refractivity contribution is 7.01. The van der Waals surface area contributed by atoms with E-state index in [4.69, 9.17) is 4.42 Å². The number of benzene rings is 8. The topological polar surface area (TPSA) is 19.6 Å². The van der Waals surface area contributed by atoms with E-state index >= 15 is 0 Å². The summed E-state index contributed by atoms with van der Waals surface area (Å²) in [6.45, 7) is 0.00802. The van der Waals surface area contributed by atoms with Crippen LogP contribution < -0.4 is 26.2 Å². The molecule has 0 saturated heterocycles. The van der Waals surface area contributed by atoms with Gasteiger partial charge in [-0.3, -0.25) is 0 Å². The predicted molar refractivity (Wildman–Crippen MR) is 211 cm³/mol. The molecule has 0 radical (unpaired) electrons. The Kier molecular flexibility index (Phi) is 5.76. The fraction of sp³-hybridized carbons (Fsp3) is 0. The average Bonchev–Trinajstić information content (AvgIpc) is 3.57. The maximum atomic E-state index is 6.60. The summed E-state index contributed by atoms with van der Waals surface area (Å²) in [6.07, 6.45) is 0. The van der Waals surface area contributed by atoms with Crippen molar-refractivity contribution in [1.82, 2.24) is 0 Å². The molecule has 0 aliphatic carbocycles. The van der Waals surface area contributed by atoms with E-state index in [0.29, 0.717) is 0 Å². The Hall–Kier alpha value is -6.52. The lowest BCUT2D eigenvalue weighted by atomic mass is 9.32. The Morgan fingerprint density at radius 3 is 1.66 bits per heavy atom. The summed E-state index contributed by atoms with van der Waals surface area (Å²) in [5.41, 5.74) is 15.2. The summed E-state index contributed by atoms with van der Waals surface area (Å²) in [6, 6.07) is 63.7. The molecule has 50 heavy (non-hydrogen) atoms. The van der Waals surface area contributed by atoms with Crippen molar-refractivity contribution in [3.63, 3.8) is 0 Å². The minimum absolute atomic E-state index is 0.00802. The van der Waals surface area contributed by atoms with Gasteiger partial charge in [0.1, 0.15) is 11.2 Å². The molecule has 0 unspecified atom stereocenters. The van der Waals surface area contributed by atoms with Gasteiger partial charge in [-0.1, -0.05) is 115 Å². The van der Waals surface area contributed by atoms with Crippen LogP contribution in [0, 0.1) is 0 Å². The van der Waals surface area contributed by atoms with Gasteiger partial charge in [-0.05, 0) is 99.0 Å². The van der Waals surface area contributed by atoms with Crippen LogP contribution in [0.1, 0.15) is 0 Å². The number of para-hydroxylation sites is 4. The average molecular weight is 637 g/mol. The van der Waals surface area contributed by atoms with Gasteiger partial charge < -0.3 is 14.2 Å². The first kappa shape index (κ1) is 27.4. The van der Waals surface area contributed by atoms with Gasteiger partial charge in [0.15, 0.2) is 0 Å². The molecule has 2 aliphatic heterocycles. The third-order valence-corrected chi connectivity index (χ3v) is 10.6. The molecule has 3 heterocycles. The number of rotatable bonds is 3. The Morgan fingerprint density at radius 2 is 0.920 bits per heavy atom. The van der Waals surface area contributed by atoms with Crippen LogP contribution in [0.5, 0.6) is 0 Å². The monoisotopic (exact) mass is 636 g/mol. The molecule has 9 aromatic rings. The van der Waals surface area contributed by atoms with E-state index in [1.165, 1.54) is 66.4 Å². The van der Waals surface area contributed by atoms with Crippen LogP contribution in [0.15, 0.2) is 180 Å². The zero-order valence-electron chi connectivity index (χ0n) is 27.1. The van der Waals surface area contributed by atoms with Crippen molar-refractivity contribution >= 4 is 89.9 Å². The molecule has 3 nitrogen and oxygen atoms in total. The molecule has 1 aromatic heterocycles. The predicted octanol–water partition coefficient (Wildman–Crippen LogP) is 10.5. The normalized spacial score (nSPS) is 13.1. The molecule has 0 fully saturated rings. The molecule has 2 aliphatic rings. The number of nitrogens with zero attached hydrogens (tertiary/aromatic N) is 2. The third kappa shape index (κ3) is 3.76. The van der Waals surface area contributed by atoms with Crippen molar-refractivity contribution in [2.24, 2.45) is 0 Å². The van der Waals surface area contributed by atoms with Gasteiger partial charge in [0.2, 0.25) is 0 Å². The number of hydrogen-bond acceptors (Lipinski definition) is 3. The van der Waals surface area contributed by atoms with E-state index in [1.807, 2.05) is 6.07 Å². The van der Waals surface area contributed by atoms with Gasteiger partial charge >= 0.3 is 0 Å². The van der Waals surface area contributed by atoms with E-state index < -0.39 is 0 Å². The minimum atomic E-state index is 0.00802. The molecule has 8 aromatic carbocycles. The Labute approximate surface area is 290 Å². The molecular formula is C46H29BN2O. The number of anilines is 6. The van der Waals surface area contributed by atoms with E-state index in [-0.39, 0.29) is 6.71 Å².